The number of aliphatic hydroxyl groups excluding tert-OH is 1. The lowest BCUT2D eigenvalue weighted by Crippen LogP contribution is -2.40. The minimum Gasteiger partial charge on any atom is -0.389 e. The van der Waals surface area contributed by atoms with E-state index >= 15 is 0 Å². The fourth-order valence-electron chi connectivity index (χ4n) is 2.54. The molecule has 1 aliphatic rings. The van der Waals surface area contributed by atoms with Gasteiger partial charge in [-0.25, -0.2) is 8.42 Å². The Balaban J connectivity index is 2.08. The van der Waals surface area contributed by atoms with Gasteiger partial charge in [0.05, 0.1) is 17.1 Å². The molecular formula is C15H23NO4S. The molecule has 1 aromatic carbocycles. The van der Waals surface area contributed by atoms with E-state index in [0.717, 1.165) is 12.8 Å². The van der Waals surface area contributed by atoms with Crippen molar-refractivity contribution in [1.82, 2.24) is 4.31 Å². The second kappa shape index (κ2) is 6.87. The molecule has 0 aromatic heterocycles. The third kappa shape index (κ3) is 3.83. The number of ether oxygens (including phenoxy) is 1. The van der Waals surface area contributed by atoms with E-state index in [1.54, 1.807) is 31.2 Å². The van der Waals surface area contributed by atoms with Crippen LogP contribution in [-0.4, -0.2) is 43.6 Å². The summed E-state index contributed by atoms with van der Waals surface area (Å²) in [6, 6.07) is 6.44. The summed E-state index contributed by atoms with van der Waals surface area (Å²) in [6.07, 6.45) is 1.04. The number of rotatable bonds is 5. The molecule has 1 aliphatic heterocycles. The quantitative estimate of drug-likeness (QED) is 0.902. The SMILES string of the molecule is CCOC1CCN(S(=O)(=O)c2ccc(C(C)O)cc2)CC1. The Labute approximate surface area is 126 Å². The van der Waals surface area contributed by atoms with Crippen LogP contribution in [0.5, 0.6) is 0 Å². The Bertz CT molecular complexity index is 546. The highest BCUT2D eigenvalue weighted by atomic mass is 32.2. The molecule has 1 aromatic rings. The Hall–Kier alpha value is -0.950. The number of hydrogen-bond acceptors (Lipinski definition) is 4. The third-order valence-electron chi connectivity index (χ3n) is 3.80. The minimum atomic E-state index is -3.45. The molecule has 0 radical (unpaired) electrons. The van der Waals surface area contributed by atoms with E-state index in [4.69, 9.17) is 4.74 Å². The average molecular weight is 313 g/mol. The first-order valence-corrected chi connectivity index (χ1v) is 8.79. The van der Waals surface area contributed by atoms with Gasteiger partial charge in [0.2, 0.25) is 10.0 Å². The van der Waals surface area contributed by atoms with E-state index < -0.39 is 16.1 Å². The zero-order valence-corrected chi connectivity index (χ0v) is 13.3. The highest BCUT2D eigenvalue weighted by molar-refractivity contribution is 7.89. The summed E-state index contributed by atoms with van der Waals surface area (Å²) in [7, 11) is -3.45. The zero-order chi connectivity index (χ0) is 15.5. The van der Waals surface area contributed by atoms with E-state index in [2.05, 4.69) is 0 Å². The number of hydrogen-bond donors (Lipinski definition) is 1. The second-order valence-electron chi connectivity index (χ2n) is 5.30. The van der Waals surface area contributed by atoms with Gasteiger partial charge in [0.15, 0.2) is 0 Å². The Morgan fingerprint density at radius 3 is 2.33 bits per heavy atom. The number of nitrogens with zero attached hydrogens (tertiary/aromatic N) is 1. The van der Waals surface area contributed by atoms with Crippen LogP contribution in [0.4, 0.5) is 0 Å². The summed E-state index contributed by atoms with van der Waals surface area (Å²) in [5, 5.41) is 9.47. The van der Waals surface area contributed by atoms with Crippen molar-refractivity contribution < 1.29 is 18.3 Å². The van der Waals surface area contributed by atoms with Gasteiger partial charge in [-0.15, -0.1) is 0 Å². The Morgan fingerprint density at radius 1 is 1.29 bits per heavy atom. The van der Waals surface area contributed by atoms with E-state index in [0.29, 0.717) is 25.3 Å². The van der Waals surface area contributed by atoms with Crippen LogP contribution in [0, 0.1) is 0 Å². The van der Waals surface area contributed by atoms with Crippen molar-refractivity contribution in [2.24, 2.45) is 0 Å². The van der Waals surface area contributed by atoms with Crippen LogP contribution in [0.25, 0.3) is 0 Å². The van der Waals surface area contributed by atoms with Gasteiger partial charge in [-0.3, -0.25) is 0 Å². The molecular weight excluding hydrogens is 290 g/mol. The van der Waals surface area contributed by atoms with Gasteiger partial charge in [-0.1, -0.05) is 12.1 Å². The fourth-order valence-corrected chi connectivity index (χ4v) is 4.01. The first kappa shape index (κ1) is 16.4. The fraction of sp³-hybridized carbons (Fsp3) is 0.600. The summed E-state index contributed by atoms with van der Waals surface area (Å²) in [5.41, 5.74) is 0.712. The van der Waals surface area contributed by atoms with E-state index in [9.17, 15) is 13.5 Å². The molecule has 118 valence electrons. The van der Waals surface area contributed by atoms with Gasteiger partial charge >= 0.3 is 0 Å². The molecule has 1 saturated heterocycles. The molecule has 0 aliphatic carbocycles. The molecule has 1 N–H and O–H groups in total. The number of piperidine rings is 1. The smallest absolute Gasteiger partial charge is 0.243 e. The van der Waals surface area contributed by atoms with Crippen LogP contribution >= 0.6 is 0 Å². The van der Waals surface area contributed by atoms with Gasteiger partial charge < -0.3 is 9.84 Å². The maximum absolute atomic E-state index is 12.6. The molecule has 6 heteroatoms. The molecule has 21 heavy (non-hydrogen) atoms. The maximum Gasteiger partial charge on any atom is 0.243 e. The molecule has 1 unspecified atom stereocenters. The predicted octanol–water partition coefficient (Wildman–Crippen LogP) is 1.93. The standard InChI is InChI=1S/C15H23NO4S/c1-3-20-14-8-10-16(11-9-14)21(18,19)15-6-4-13(5-7-15)12(2)17/h4-7,12,14,17H,3,8-11H2,1-2H3. The lowest BCUT2D eigenvalue weighted by atomic mass is 10.1. The van der Waals surface area contributed by atoms with Gasteiger partial charge in [0.1, 0.15) is 0 Å². The van der Waals surface area contributed by atoms with E-state index in [1.807, 2.05) is 6.92 Å². The van der Waals surface area contributed by atoms with Crippen molar-refractivity contribution in [3.8, 4) is 0 Å². The summed E-state index contributed by atoms with van der Waals surface area (Å²) < 4.78 is 32.2. The van der Waals surface area contributed by atoms with Crippen LogP contribution < -0.4 is 0 Å². The lowest BCUT2D eigenvalue weighted by Gasteiger charge is -2.31. The maximum atomic E-state index is 12.6. The highest BCUT2D eigenvalue weighted by Gasteiger charge is 2.29. The van der Waals surface area contributed by atoms with Crippen molar-refractivity contribution in [3.63, 3.8) is 0 Å². The molecule has 0 saturated carbocycles. The van der Waals surface area contributed by atoms with Crippen LogP contribution in [-0.2, 0) is 14.8 Å². The van der Waals surface area contributed by atoms with Gasteiger partial charge in [-0.05, 0) is 44.4 Å². The summed E-state index contributed by atoms with van der Waals surface area (Å²) in [4.78, 5) is 0.279. The Morgan fingerprint density at radius 2 is 1.86 bits per heavy atom. The third-order valence-corrected chi connectivity index (χ3v) is 5.72. The molecule has 1 fully saturated rings. The minimum absolute atomic E-state index is 0.166. The molecule has 5 nitrogen and oxygen atoms in total. The summed E-state index contributed by atoms with van der Waals surface area (Å²) in [5.74, 6) is 0. The van der Waals surface area contributed by atoms with Crippen LogP contribution in [0.2, 0.25) is 0 Å². The summed E-state index contributed by atoms with van der Waals surface area (Å²) in [6.45, 7) is 5.25. The zero-order valence-electron chi connectivity index (χ0n) is 12.5. The molecule has 0 spiro atoms. The van der Waals surface area contributed by atoms with E-state index in [-0.39, 0.29) is 11.0 Å². The summed E-state index contributed by atoms with van der Waals surface area (Å²) >= 11 is 0. The first-order valence-electron chi connectivity index (χ1n) is 7.35. The van der Waals surface area contributed by atoms with Crippen molar-refractivity contribution in [2.45, 2.75) is 43.8 Å². The number of benzene rings is 1. The van der Waals surface area contributed by atoms with Crippen molar-refractivity contribution >= 4 is 10.0 Å². The van der Waals surface area contributed by atoms with Crippen molar-refractivity contribution in [2.75, 3.05) is 19.7 Å². The van der Waals surface area contributed by atoms with E-state index in [1.165, 1.54) is 4.31 Å². The van der Waals surface area contributed by atoms with Gasteiger partial charge in [-0.2, -0.15) is 4.31 Å². The number of sulfonamides is 1. The molecule has 1 heterocycles. The van der Waals surface area contributed by atoms with Crippen molar-refractivity contribution in [3.05, 3.63) is 29.8 Å². The van der Waals surface area contributed by atoms with Gasteiger partial charge in [0, 0.05) is 19.7 Å². The largest absolute Gasteiger partial charge is 0.389 e. The average Bonchev–Trinajstić information content (AvgIpc) is 2.48. The first-order chi connectivity index (χ1) is 9.95. The second-order valence-corrected chi connectivity index (χ2v) is 7.24. The van der Waals surface area contributed by atoms with Crippen LogP contribution in [0.3, 0.4) is 0 Å². The molecule has 0 bridgehead atoms. The molecule has 0 amide bonds. The van der Waals surface area contributed by atoms with Gasteiger partial charge in [0.25, 0.3) is 0 Å². The normalized spacial score (nSPS) is 19.6. The molecule has 1 atom stereocenters. The van der Waals surface area contributed by atoms with Crippen LogP contribution in [0.15, 0.2) is 29.2 Å². The lowest BCUT2D eigenvalue weighted by molar-refractivity contribution is 0.0290. The monoisotopic (exact) mass is 313 g/mol. The topological polar surface area (TPSA) is 66.8 Å². The molecule has 2 rings (SSSR count). The highest BCUT2D eigenvalue weighted by Crippen LogP contribution is 2.23. The number of aliphatic hydroxyl groups is 1. The van der Waals surface area contributed by atoms with Crippen molar-refractivity contribution in [1.29, 1.82) is 0 Å². The van der Waals surface area contributed by atoms with Crippen LogP contribution in [0.1, 0.15) is 38.4 Å². The predicted molar refractivity (Wildman–Crippen MR) is 80.5 cm³/mol. The Kier molecular flexibility index (Phi) is 5.37.